The van der Waals surface area contributed by atoms with Crippen LogP contribution in [0.15, 0.2) is 12.1 Å². The lowest BCUT2D eigenvalue weighted by Gasteiger charge is -2.09. The van der Waals surface area contributed by atoms with Crippen LogP contribution in [0, 0.1) is 13.8 Å². The molecule has 0 N–H and O–H groups in total. The molecule has 0 aromatic heterocycles. The van der Waals surface area contributed by atoms with Crippen LogP contribution in [-0.2, 0) is 0 Å². The second-order valence-corrected chi connectivity index (χ2v) is 3.20. The van der Waals surface area contributed by atoms with E-state index in [0.717, 1.165) is 22.4 Å². The normalized spacial score (nSPS) is 9.85. The monoisotopic (exact) mass is 178 g/mol. The number of Topliss-reactive ketones (excluding diaryl/α,β-unsaturated/α-hetero) is 1. The van der Waals surface area contributed by atoms with E-state index in [0.29, 0.717) is 0 Å². The van der Waals surface area contributed by atoms with Crippen molar-refractivity contribution in [1.82, 2.24) is 0 Å². The minimum absolute atomic E-state index is 0.0829. The summed E-state index contributed by atoms with van der Waals surface area (Å²) < 4.78 is 5.16. The van der Waals surface area contributed by atoms with Crippen molar-refractivity contribution >= 4 is 5.78 Å². The number of hydrogen-bond acceptors (Lipinski definition) is 2. The second kappa shape index (κ2) is 3.60. The minimum Gasteiger partial charge on any atom is -0.496 e. The lowest BCUT2D eigenvalue weighted by Crippen LogP contribution is -1.99. The van der Waals surface area contributed by atoms with Crippen molar-refractivity contribution in [3.05, 3.63) is 28.8 Å². The Morgan fingerprint density at radius 2 is 1.92 bits per heavy atom. The summed E-state index contributed by atoms with van der Waals surface area (Å²) in [6.07, 6.45) is 0. The van der Waals surface area contributed by atoms with Gasteiger partial charge in [-0.3, -0.25) is 4.79 Å². The Labute approximate surface area is 78.5 Å². The Bertz CT molecular complexity index is 340. The molecule has 0 heterocycles. The van der Waals surface area contributed by atoms with Crippen molar-refractivity contribution in [3.63, 3.8) is 0 Å². The predicted molar refractivity (Wildman–Crippen MR) is 52.5 cm³/mol. The fraction of sp³-hybridized carbons (Fsp3) is 0.364. The predicted octanol–water partition coefficient (Wildman–Crippen LogP) is 2.51. The molecule has 70 valence electrons. The molecule has 0 atom stereocenters. The Balaban J connectivity index is 3.35. The summed E-state index contributed by atoms with van der Waals surface area (Å²) in [5, 5.41) is 0. The van der Waals surface area contributed by atoms with Gasteiger partial charge >= 0.3 is 0 Å². The molecule has 1 aromatic carbocycles. The van der Waals surface area contributed by atoms with Gasteiger partial charge < -0.3 is 4.74 Å². The Kier molecular flexibility index (Phi) is 2.71. The molecule has 0 spiro atoms. The minimum atomic E-state index is 0.0829. The van der Waals surface area contributed by atoms with Gasteiger partial charge in [0.05, 0.1) is 7.11 Å². The number of rotatable bonds is 2. The largest absolute Gasteiger partial charge is 0.496 e. The van der Waals surface area contributed by atoms with Crippen LogP contribution in [0.4, 0.5) is 0 Å². The summed E-state index contributed by atoms with van der Waals surface area (Å²) in [4.78, 5) is 11.2. The third-order valence-electron chi connectivity index (χ3n) is 2.10. The smallest absolute Gasteiger partial charge is 0.160 e. The van der Waals surface area contributed by atoms with Crippen molar-refractivity contribution in [2.45, 2.75) is 20.8 Å². The maximum Gasteiger partial charge on any atom is 0.160 e. The third-order valence-corrected chi connectivity index (χ3v) is 2.10. The number of hydrogen-bond donors (Lipinski definition) is 0. The van der Waals surface area contributed by atoms with Gasteiger partial charge in [0.25, 0.3) is 0 Å². The summed E-state index contributed by atoms with van der Waals surface area (Å²) in [7, 11) is 1.62. The molecule has 0 fully saturated rings. The first kappa shape index (κ1) is 9.78. The van der Waals surface area contributed by atoms with Crippen LogP contribution in [0.25, 0.3) is 0 Å². The van der Waals surface area contributed by atoms with Crippen molar-refractivity contribution in [2.24, 2.45) is 0 Å². The van der Waals surface area contributed by atoms with E-state index in [4.69, 9.17) is 4.74 Å². The fourth-order valence-electron chi connectivity index (χ4n) is 1.40. The molecule has 1 aromatic rings. The highest BCUT2D eigenvalue weighted by Gasteiger charge is 2.09. The third kappa shape index (κ3) is 1.89. The van der Waals surface area contributed by atoms with Gasteiger partial charge in [0, 0.05) is 11.1 Å². The van der Waals surface area contributed by atoms with Crippen molar-refractivity contribution < 1.29 is 9.53 Å². The first-order chi connectivity index (χ1) is 6.06. The van der Waals surface area contributed by atoms with Crippen LogP contribution < -0.4 is 4.74 Å². The quantitative estimate of drug-likeness (QED) is 0.650. The van der Waals surface area contributed by atoms with E-state index >= 15 is 0 Å². The van der Waals surface area contributed by atoms with Crippen LogP contribution in [0.5, 0.6) is 5.75 Å². The standard InChI is InChI=1S/C11H14O2/c1-7-5-10(9(3)12)8(2)11(6-7)13-4/h5-6H,1-4H3. The van der Waals surface area contributed by atoms with Crippen LogP contribution in [0.3, 0.4) is 0 Å². The maximum absolute atomic E-state index is 11.2. The van der Waals surface area contributed by atoms with E-state index in [1.807, 2.05) is 26.0 Å². The molecule has 0 aliphatic carbocycles. The molecule has 0 aliphatic heterocycles. The van der Waals surface area contributed by atoms with Crippen LogP contribution in [0.1, 0.15) is 28.4 Å². The zero-order valence-electron chi connectivity index (χ0n) is 8.47. The maximum atomic E-state index is 11.2. The summed E-state index contributed by atoms with van der Waals surface area (Å²) in [6, 6.07) is 3.82. The number of carbonyl (C=O) groups is 1. The molecular formula is C11H14O2. The molecule has 0 unspecified atom stereocenters. The van der Waals surface area contributed by atoms with Gasteiger partial charge in [-0.2, -0.15) is 0 Å². The van der Waals surface area contributed by atoms with E-state index < -0.39 is 0 Å². The Hall–Kier alpha value is -1.31. The molecule has 0 saturated carbocycles. The van der Waals surface area contributed by atoms with Gasteiger partial charge in [-0.25, -0.2) is 0 Å². The average Bonchev–Trinajstić information content (AvgIpc) is 2.08. The number of aryl methyl sites for hydroxylation is 1. The number of ether oxygens (including phenoxy) is 1. The van der Waals surface area contributed by atoms with Crippen molar-refractivity contribution in [3.8, 4) is 5.75 Å². The van der Waals surface area contributed by atoms with Crippen molar-refractivity contribution in [1.29, 1.82) is 0 Å². The first-order valence-corrected chi connectivity index (χ1v) is 4.22. The number of benzene rings is 1. The van der Waals surface area contributed by atoms with E-state index in [1.54, 1.807) is 14.0 Å². The highest BCUT2D eigenvalue weighted by molar-refractivity contribution is 5.96. The van der Waals surface area contributed by atoms with E-state index in [2.05, 4.69) is 0 Å². The molecule has 13 heavy (non-hydrogen) atoms. The zero-order chi connectivity index (χ0) is 10.0. The van der Waals surface area contributed by atoms with Gasteiger partial charge in [-0.1, -0.05) is 0 Å². The second-order valence-electron chi connectivity index (χ2n) is 3.20. The highest BCUT2D eigenvalue weighted by Crippen LogP contribution is 2.23. The molecule has 0 saturated heterocycles. The number of ketones is 1. The Morgan fingerprint density at radius 3 is 2.38 bits per heavy atom. The molecule has 1 rings (SSSR count). The summed E-state index contributed by atoms with van der Waals surface area (Å²) in [6.45, 7) is 5.42. The SMILES string of the molecule is COc1cc(C)cc(C(C)=O)c1C. The average molecular weight is 178 g/mol. The lowest BCUT2D eigenvalue weighted by molar-refractivity contribution is 0.101. The van der Waals surface area contributed by atoms with Gasteiger partial charge in [-0.05, 0) is 38.5 Å². The Morgan fingerprint density at radius 1 is 1.31 bits per heavy atom. The van der Waals surface area contributed by atoms with E-state index in [9.17, 15) is 4.79 Å². The van der Waals surface area contributed by atoms with Gasteiger partial charge in [0.15, 0.2) is 5.78 Å². The first-order valence-electron chi connectivity index (χ1n) is 4.22. The van der Waals surface area contributed by atoms with Crippen LogP contribution >= 0.6 is 0 Å². The molecular weight excluding hydrogens is 164 g/mol. The van der Waals surface area contributed by atoms with E-state index in [1.165, 1.54) is 0 Å². The molecule has 2 nitrogen and oxygen atoms in total. The molecule has 0 radical (unpaired) electrons. The topological polar surface area (TPSA) is 26.3 Å². The van der Waals surface area contributed by atoms with E-state index in [-0.39, 0.29) is 5.78 Å². The van der Waals surface area contributed by atoms with Gasteiger partial charge in [0.1, 0.15) is 5.75 Å². The van der Waals surface area contributed by atoms with Gasteiger partial charge in [-0.15, -0.1) is 0 Å². The molecule has 2 heteroatoms. The van der Waals surface area contributed by atoms with Crippen molar-refractivity contribution in [2.75, 3.05) is 7.11 Å². The fourth-order valence-corrected chi connectivity index (χ4v) is 1.40. The molecule has 0 aliphatic rings. The van der Waals surface area contributed by atoms with Crippen LogP contribution in [0.2, 0.25) is 0 Å². The summed E-state index contributed by atoms with van der Waals surface area (Å²) >= 11 is 0. The van der Waals surface area contributed by atoms with Gasteiger partial charge in [0.2, 0.25) is 0 Å². The number of carbonyl (C=O) groups excluding carboxylic acids is 1. The zero-order valence-corrected chi connectivity index (χ0v) is 8.47. The number of methoxy groups -OCH3 is 1. The van der Waals surface area contributed by atoms with Crippen LogP contribution in [-0.4, -0.2) is 12.9 Å². The molecule has 0 bridgehead atoms. The highest BCUT2D eigenvalue weighted by atomic mass is 16.5. The molecule has 0 amide bonds. The summed E-state index contributed by atoms with van der Waals surface area (Å²) in [5.74, 6) is 0.865. The lowest BCUT2D eigenvalue weighted by atomic mass is 10.0. The summed E-state index contributed by atoms with van der Waals surface area (Å²) in [5.41, 5.74) is 2.71.